The first-order chi connectivity index (χ1) is 10.7. The molecular weight excluding hydrogens is 306 g/mol. The summed E-state index contributed by atoms with van der Waals surface area (Å²) in [7, 11) is 0. The Morgan fingerprint density at radius 2 is 2.23 bits per heavy atom. The zero-order valence-electron chi connectivity index (χ0n) is 12.7. The van der Waals surface area contributed by atoms with Crippen LogP contribution in [0.25, 0.3) is 0 Å². The van der Waals surface area contributed by atoms with Gasteiger partial charge in [0.1, 0.15) is 13.2 Å². The van der Waals surface area contributed by atoms with Crippen molar-refractivity contribution in [2.75, 3.05) is 33.0 Å². The Labute approximate surface area is 135 Å². The molecule has 0 aliphatic carbocycles. The summed E-state index contributed by atoms with van der Waals surface area (Å²) in [5.41, 5.74) is 6.75. The molecule has 1 heterocycles. The van der Waals surface area contributed by atoms with E-state index in [1.807, 2.05) is 19.1 Å². The van der Waals surface area contributed by atoms with Crippen LogP contribution in [0, 0.1) is 0 Å². The summed E-state index contributed by atoms with van der Waals surface area (Å²) in [5.74, 6) is 1.66. The molecule has 0 atom stereocenters. The van der Waals surface area contributed by atoms with Crippen molar-refractivity contribution < 1.29 is 14.2 Å². The van der Waals surface area contributed by atoms with Crippen molar-refractivity contribution in [3.8, 4) is 11.5 Å². The number of nitrogens with zero attached hydrogens (tertiary/aromatic N) is 1. The molecule has 6 nitrogen and oxygen atoms in total. The molecule has 0 amide bonds. The summed E-state index contributed by atoms with van der Waals surface area (Å²) < 4.78 is 16.3. The molecule has 0 bridgehead atoms. The fraction of sp³-hybridized carbons (Fsp3) is 0.533. The molecule has 3 N–H and O–H groups in total. The molecule has 122 valence electrons. The lowest BCUT2D eigenvalue weighted by Gasteiger charge is -2.20. The number of rotatable bonds is 7. The van der Waals surface area contributed by atoms with Gasteiger partial charge in [-0.15, -0.1) is 0 Å². The fourth-order valence-electron chi connectivity index (χ4n) is 2.02. The molecule has 2 rings (SSSR count). The second kappa shape index (κ2) is 8.70. The van der Waals surface area contributed by atoms with Gasteiger partial charge in [0.05, 0.1) is 11.6 Å². The van der Waals surface area contributed by atoms with E-state index in [9.17, 15) is 0 Å². The van der Waals surface area contributed by atoms with Gasteiger partial charge < -0.3 is 25.3 Å². The largest absolute Gasteiger partial charge is 0.486 e. The van der Waals surface area contributed by atoms with Gasteiger partial charge in [0.25, 0.3) is 0 Å². The van der Waals surface area contributed by atoms with Crippen molar-refractivity contribution in [1.29, 1.82) is 0 Å². The minimum absolute atomic E-state index is 0.405. The minimum atomic E-state index is 0.405. The van der Waals surface area contributed by atoms with Crippen LogP contribution in [0.4, 0.5) is 0 Å². The minimum Gasteiger partial charge on any atom is -0.486 e. The normalized spacial score (nSPS) is 14.0. The van der Waals surface area contributed by atoms with Gasteiger partial charge in [0.15, 0.2) is 17.5 Å². The highest BCUT2D eigenvalue weighted by Gasteiger charge is 2.16. The lowest BCUT2D eigenvalue weighted by atomic mass is 10.2. The van der Waals surface area contributed by atoms with E-state index < -0.39 is 0 Å². The predicted molar refractivity (Wildman–Crippen MR) is 86.9 cm³/mol. The number of ether oxygens (including phenoxy) is 3. The van der Waals surface area contributed by atoms with E-state index in [1.54, 1.807) is 0 Å². The van der Waals surface area contributed by atoms with Crippen LogP contribution in [-0.2, 0) is 11.3 Å². The number of aliphatic imine (C=N–C) groups is 1. The summed E-state index contributed by atoms with van der Waals surface area (Å²) in [6.07, 6.45) is 0.889. The summed E-state index contributed by atoms with van der Waals surface area (Å²) >= 11 is 6.18. The highest BCUT2D eigenvalue weighted by atomic mass is 35.5. The van der Waals surface area contributed by atoms with Crippen LogP contribution >= 0.6 is 11.6 Å². The van der Waals surface area contributed by atoms with E-state index in [-0.39, 0.29) is 0 Å². The third-order valence-electron chi connectivity index (χ3n) is 3.06. The molecule has 0 saturated carbocycles. The third-order valence-corrected chi connectivity index (χ3v) is 3.35. The average molecular weight is 328 g/mol. The SMILES string of the molecule is CCOCCCNC(N)=NCc1cc(Cl)c2c(c1)OCCO2. The van der Waals surface area contributed by atoms with Crippen LogP contribution in [0.15, 0.2) is 17.1 Å². The number of nitrogens with one attached hydrogen (secondary N) is 1. The first kappa shape index (κ1) is 16.7. The number of fused-ring (bicyclic) bond motifs is 1. The fourth-order valence-corrected chi connectivity index (χ4v) is 2.31. The quantitative estimate of drug-likeness (QED) is 0.454. The summed E-state index contributed by atoms with van der Waals surface area (Å²) in [6.45, 7) is 5.63. The van der Waals surface area contributed by atoms with E-state index in [4.69, 9.17) is 31.5 Å². The second-order valence-corrected chi connectivity index (χ2v) is 5.19. The molecule has 0 radical (unpaired) electrons. The lowest BCUT2D eigenvalue weighted by molar-refractivity contribution is 0.145. The number of nitrogens with two attached hydrogens (primary N) is 1. The monoisotopic (exact) mass is 327 g/mol. The zero-order chi connectivity index (χ0) is 15.8. The van der Waals surface area contributed by atoms with E-state index in [1.165, 1.54) is 0 Å². The smallest absolute Gasteiger partial charge is 0.188 e. The van der Waals surface area contributed by atoms with Crippen LogP contribution in [0.1, 0.15) is 18.9 Å². The highest BCUT2D eigenvalue weighted by Crippen LogP contribution is 2.38. The van der Waals surface area contributed by atoms with Crippen LogP contribution in [-0.4, -0.2) is 38.9 Å². The molecule has 0 fully saturated rings. The Bertz CT molecular complexity index is 523. The first-order valence-corrected chi connectivity index (χ1v) is 7.78. The van der Waals surface area contributed by atoms with E-state index in [2.05, 4.69) is 10.3 Å². The van der Waals surface area contributed by atoms with Gasteiger partial charge in [-0.2, -0.15) is 0 Å². The molecular formula is C15H22ClN3O3. The molecule has 1 aliphatic heterocycles. The lowest BCUT2D eigenvalue weighted by Crippen LogP contribution is -2.32. The van der Waals surface area contributed by atoms with Gasteiger partial charge in [-0.05, 0) is 31.0 Å². The van der Waals surface area contributed by atoms with Crippen molar-refractivity contribution in [3.05, 3.63) is 22.7 Å². The Morgan fingerprint density at radius 3 is 3.05 bits per heavy atom. The van der Waals surface area contributed by atoms with E-state index in [0.29, 0.717) is 48.8 Å². The number of hydrogen-bond donors (Lipinski definition) is 2. The van der Waals surface area contributed by atoms with Gasteiger partial charge in [0, 0.05) is 19.8 Å². The maximum Gasteiger partial charge on any atom is 0.188 e. The third kappa shape index (κ3) is 4.96. The van der Waals surface area contributed by atoms with Crippen molar-refractivity contribution >= 4 is 17.6 Å². The summed E-state index contributed by atoms with van der Waals surface area (Å²) in [4.78, 5) is 4.29. The molecule has 0 unspecified atom stereocenters. The van der Waals surface area contributed by atoms with Crippen LogP contribution in [0.3, 0.4) is 0 Å². The Kier molecular flexibility index (Phi) is 6.61. The zero-order valence-corrected chi connectivity index (χ0v) is 13.5. The van der Waals surface area contributed by atoms with Crippen LogP contribution < -0.4 is 20.5 Å². The number of benzene rings is 1. The van der Waals surface area contributed by atoms with Gasteiger partial charge in [-0.1, -0.05) is 11.6 Å². The Hall–Kier alpha value is -1.66. The maximum absolute atomic E-state index is 6.18. The van der Waals surface area contributed by atoms with Crippen LogP contribution in [0.5, 0.6) is 11.5 Å². The molecule has 1 aliphatic rings. The molecule has 7 heteroatoms. The summed E-state index contributed by atoms with van der Waals surface area (Å²) in [5, 5.41) is 3.58. The topological polar surface area (TPSA) is 78.1 Å². The van der Waals surface area contributed by atoms with Crippen molar-refractivity contribution in [3.63, 3.8) is 0 Å². The van der Waals surface area contributed by atoms with Crippen LogP contribution in [0.2, 0.25) is 5.02 Å². The molecule has 1 aromatic carbocycles. The molecule has 0 saturated heterocycles. The predicted octanol–water partition coefficient (Wildman–Crippen LogP) is 1.94. The highest BCUT2D eigenvalue weighted by molar-refractivity contribution is 6.32. The number of hydrogen-bond acceptors (Lipinski definition) is 4. The first-order valence-electron chi connectivity index (χ1n) is 7.40. The van der Waals surface area contributed by atoms with Crippen molar-refractivity contribution in [2.24, 2.45) is 10.7 Å². The standard InChI is InChI=1S/C15H22ClN3O3/c1-2-20-5-3-4-18-15(17)19-10-11-8-12(16)14-13(9-11)21-6-7-22-14/h8-9H,2-7,10H2,1H3,(H3,17,18,19). The van der Waals surface area contributed by atoms with Gasteiger partial charge in [-0.25, -0.2) is 4.99 Å². The number of guanidine groups is 1. The van der Waals surface area contributed by atoms with Gasteiger partial charge >= 0.3 is 0 Å². The second-order valence-electron chi connectivity index (χ2n) is 4.78. The van der Waals surface area contributed by atoms with Gasteiger partial charge in [-0.3, -0.25) is 0 Å². The van der Waals surface area contributed by atoms with Crippen molar-refractivity contribution in [1.82, 2.24) is 5.32 Å². The Morgan fingerprint density at radius 1 is 1.41 bits per heavy atom. The van der Waals surface area contributed by atoms with E-state index >= 15 is 0 Å². The molecule has 1 aromatic rings. The van der Waals surface area contributed by atoms with Crippen molar-refractivity contribution in [2.45, 2.75) is 19.9 Å². The molecule has 0 spiro atoms. The Balaban J connectivity index is 1.85. The molecule has 22 heavy (non-hydrogen) atoms. The maximum atomic E-state index is 6.18. The van der Waals surface area contributed by atoms with E-state index in [0.717, 1.165) is 25.1 Å². The number of halogens is 1. The molecule has 0 aromatic heterocycles. The summed E-state index contributed by atoms with van der Waals surface area (Å²) in [6, 6.07) is 3.70. The van der Waals surface area contributed by atoms with Gasteiger partial charge in [0.2, 0.25) is 0 Å². The average Bonchev–Trinajstić information content (AvgIpc) is 2.53.